The predicted molar refractivity (Wildman–Crippen MR) is 145 cm³/mol. The molecule has 0 atom stereocenters. The van der Waals surface area contributed by atoms with Crippen molar-refractivity contribution in [2.45, 2.75) is 13.5 Å². The molecule has 172 valence electrons. The van der Waals surface area contributed by atoms with Gasteiger partial charge in [-0.05, 0) is 93.9 Å². The van der Waals surface area contributed by atoms with Crippen LogP contribution in [0.2, 0.25) is 0 Å². The number of methoxy groups -OCH3 is 1. The molecular weight excluding hydrogens is 539 g/mol. The van der Waals surface area contributed by atoms with Gasteiger partial charge in [0.1, 0.15) is 12.4 Å². The van der Waals surface area contributed by atoms with Crippen LogP contribution in [0.4, 0.5) is 0 Å². The molecule has 4 aromatic rings. The highest BCUT2D eigenvalue weighted by Crippen LogP contribution is 2.36. The van der Waals surface area contributed by atoms with Gasteiger partial charge < -0.3 is 14.2 Å². The first-order valence-corrected chi connectivity index (χ1v) is 12.1. The minimum Gasteiger partial charge on any atom is -0.497 e. The summed E-state index contributed by atoms with van der Waals surface area (Å²) in [5, 5.41) is 2.36. The zero-order chi connectivity index (χ0) is 23.9. The Morgan fingerprint density at radius 2 is 1.71 bits per heavy atom. The topological polar surface area (TPSA) is 44.8 Å². The van der Waals surface area contributed by atoms with Crippen molar-refractivity contribution in [3.63, 3.8) is 0 Å². The number of fused-ring (bicyclic) bond motifs is 1. The van der Waals surface area contributed by atoms with Crippen LogP contribution in [0.15, 0.2) is 84.9 Å². The number of hydrogen-bond donors (Lipinski definition) is 0. The maximum absolute atomic E-state index is 12.6. The van der Waals surface area contributed by atoms with Crippen LogP contribution >= 0.6 is 22.6 Å². The molecule has 5 heteroatoms. The zero-order valence-corrected chi connectivity index (χ0v) is 21.2. The monoisotopic (exact) mass is 564 g/mol. The van der Waals surface area contributed by atoms with E-state index in [1.807, 2.05) is 37.3 Å². The van der Waals surface area contributed by atoms with E-state index < -0.39 is 0 Å². The molecule has 0 aliphatic heterocycles. The van der Waals surface area contributed by atoms with E-state index in [2.05, 4.69) is 46.9 Å². The molecule has 4 aromatic carbocycles. The summed E-state index contributed by atoms with van der Waals surface area (Å²) >= 11 is 2.25. The van der Waals surface area contributed by atoms with Crippen LogP contribution in [0.25, 0.3) is 16.8 Å². The Hall–Kier alpha value is -3.32. The van der Waals surface area contributed by atoms with Crippen LogP contribution in [-0.4, -0.2) is 19.5 Å². The van der Waals surface area contributed by atoms with Gasteiger partial charge in [0.05, 0.1) is 17.3 Å². The average Bonchev–Trinajstić information content (AvgIpc) is 2.87. The van der Waals surface area contributed by atoms with Crippen molar-refractivity contribution in [1.82, 2.24) is 0 Å². The Morgan fingerprint density at radius 1 is 0.941 bits per heavy atom. The Kier molecular flexibility index (Phi) is 7.85. The average molecular weight is 564 g/mol. The maximum atomic E-state index is 12.6. The molecule has 4 rings (SSSR count). The Morgan fingerprint density at radius 3 is 2.47 bits per heavy atom. The number of allylic oxidation sites excluding steroid dienone is 1. The van der Waals surface area contributed by atoms with Gasteiger partial charge in [0.15, 0.2) is 17.3 Å². The highest BCUT2D eigenvalue weighted by atomic mass is 127. The quantitative estimate of drug-likeness (QED) is 0.121. The number of rotatable bonds is 9. The molecule has 4 nitrogen and oxygen atoms in total. The fraction of sp³-hybridized carbons (Fsp3) is 0.138. The van der Waals surface area contributed by atoms with Gasteiger partial charge in [0, 0.05) is 5.56 Å². The highest BCUT2D eigenvalue weighted by Gasteiger charge is 2.13. The van der Waals surface area contributed by atoms with Crippen LogP contribution in [0.5, 0.6) is 17.2 Å². The van der Waals surface area contributed by atoms with E-state index in [0.717, 1.165) is 20.4 Å². The minimum atomic E-state index is -0.0769. The number of benzene rings is 4. The number of ketones is 1. The van der Waals surface area contributed by atoms with Gasteiger partial charge in [0.2, 0.25) is 0 Å². The fourth-order valence-electron chi connectivity index (χ4n) is 3.68. The van der Waals surface area contributed by atoms with Crippen molar-refractivity contribution in [3.8, 4) is 17.2 Å². The lowest BCUT2D eigenvalue weighted by Gasteiger charge is -2.15. The summed E-state index contributed by atoms with van der Waals surface area (Å²) in [5.74, 6) is 2.00. The summed E-state index contributed by atoms with van der Waals surface area (Å²) < 4.78 is 18.2. The van der Waals surface area contributed by atoms with Gasteiger partial charge in [-0.3, -0.25) is 4.79 Å². The van der Waals surface area contributed by atoms with E-state index in [1.54, 1.807) is 43.5 Å². The van der Waals surface area contributed by atoms with Crippen LogP contribution in [0.3, 0.4) is 0 Å². The second-order valence-corrected chi connectivity index (χ2v) is 8.78. The van der Waals surface area contributed by atoms with Crippen molar-refractivity contribution in [2.24, 2.45) is 0 Å². The molecule has 0 aliphatic carbocycles. The van der Waals surface area contributed by atoms with E-state index >= 15 is 0 Å². The lowest BCUT2D eigenvalue weighted by molar-refractivity contribution is 0.104. The SMILES string of the molecule is CCOc1cc(/C=C/C(=O)c2ccc(OC)cc2)cc(I)c1OCc1cccc2ccccc12. The molecule has 0 aliphatic rings. The van der Waals surface area contributed by atoms with Crippen molar-refractivity contribution < 1.29 is 19.0 Å². The molecule has 0 N–H and O–H groups in total. The highest BCUT2D eigenvalue weighted by molar-refractivity contribution is 14.1. The van der Waals surface area contributed by atoms with Crippen molar-refractivity contribution in [3.05, 3.63) is 105 Å². The molecule has 0 saturated heterocycles. The molecule has 0 aromatic heterocycles. The lowest BCUT2D eigenvalue weighted by Crippen LogP contribution is -2.02. The predicted octanol–water partition coefficient (Wildman–Crippen LogP) is 7.33. The van der Waals surface area contributed by atoms with Gasteiger partial charge in [0.25, 0.3) is 0 Å². The first-order valence-electron chi connectivity index (χ1n) is 11.0. The molecule has 0 spiro atoms. The number of carbonyl (C=O) groups is 1. The van der Waals surface area contributed by atoms with Gasteiger partial charge in [-0.2, -0.15) is 0 Å². The molecule has 0 radical (unpaired) electrons. The standard InChI is InChI=1S/C29H25IO4/c1-3-33-28-18-20(11-16-27(31)22-12-14-24(32-2)15-13-22)17-26(30)29(28)34-19-23-9-6-8-21-7-4-5-10-25(21)23/h4-18H,3,19H2,1-2H3/b16-11+. The second kappa shape index (κ2) is 11.2. The third-order valence-corrected chi connectivity index (χ3v) is 6.19. The molecule has 0 unspecified atom stereocenters. The summed E-state index contributed by atoms with van der Waals surface area (Å²) in [6.07, 6.45) is 3.37. The first-order chi connectivity index (χ1) is 16.6. The number of halogens is 1. The summed E-state index contributed by atoms with van der Waals surface area (Å²) in [4.78, 5) is 12.6. The molecule has 0 fully saturated rings. The van der Waals surface area contributed by atoms with E-state index in [9.17, 15) is 4.79 Å². The Bertz CT molecular complexity index is 1320. The summed E-state index contributed by atoms with van der Waals surface area (Å²) in [6, 6.07) is 25.5. The van der Waals surface area contributed by atoms with Gasteiger partial charge in [-0.1, -0.05) is 48.5 Å². The van der Waals surface area contributed by atoms with E-state index in [4.69, 9.17) is 14.2 Å². The number of hydrogen-bond acceptors (Lipinski definition) is 4. The van der Waals surface area contributed by atoms with E-state index in [1.165, 1.54) is 10.8 Å². The summed E-state index contributed by atoms with van der Waals surface area (Å²) in [5.41, 5.74) is 2.59. The minimum absolute atomic E-state index is 0.0769. The first kappa shape index (κ1) is 23.8. The number of ether oxygens (including phenoxy) is 3. The molecule has 0 heterocycles. The third-order valence-electron chi connectivity index (χ3n) is 5.39. The van der Waals surface area contributed by atoms with Gasteiger partial charge >= 0.3 is 0 Å². The molecule has 0 saturated carbocycles. The zero-order valence-electron chi connectivity index (χ0n) is 19.1. The second-order valence-electron chi connectivity index (χ2n) is 7.62. The summed E-state index contributed by atoms with van der Waals surface area (Å²) in [7, 11) is 1.60. The molecule has 0 bridgehead atoms. The third kappa shape index (κ3) is 5.59. The fourth-order valence-corrected chi connectivity index (χ4v) is 4.46. The Labute approximate surface area is 213 Å². The lowest BCUT2D eigenvalue weighted by atomic mass is 10.1. The van der Waals surface area contributed by atoms with Crippen LogP contribution < -0.4 is 14.2 Å². The van der Waals surface area contributed by atoms with Gasteiger partial charge in [-0.25, -0.2) is 0 Å². The van der Waals surface area contributed by atoms with Gasteiger partial charge in [-0.15, -0.1) is 0 Å². The molecular formula is C29H25IO4. The Balaban J connectivity index is 1.55. The van der Waals surface area contributed by atoms with E-state index in [0.29, 0.717) is 30.3 Å². The van der Waals surface area contributed by atoms with Crippen molar-refractivity contribution in [1.29, 1.82) is 0 Å². The largest absolute Gasteiger partial charge is 0.497 e. The van der Waals surface area contributed by atoms with E-state index in [-0.39, 0.29) is 5.78 Å². The normalized spacial score (nSPS) is 11.0. The molecule has 0 amide bonds. The smallest absolute Gasteiger partial charge is 0.185 e. The number of carbonyl (C=O) groups excluding carboxylic acids is 1. The van der Waals surface area contributed by atoms with Crippen molar-refractivity contribution >= 4 is 45.2 Å². The van der Waals surface area contributed by atoms with Crippen LogP contribution in [0, 0.1) is 3.57 Å². The van der Waals surface area contributed by atoms with Crippen LogP contribution in [0.1, 0.15) is 28.4 Å². The maximum Gasteiger partial charge on any atom is 0.185 e. The summed E-state index contributed by atoms with van der Waals surface area (Å²) in [6.45, 7) is 2.89. The van der Waals surface area contributed by atoms with Crippen molar-refractivity contribution in [2.75, 3.05) is 13.7 Å². The van der Waals surface area contributed by atoms with Crippen LogP contribution in [-0.2, 0) is 6.61 Å². The molecule has 34 heavy (non-hydrogen) atoms.